The van der Waals surface area contributed by atoms with Crippen LogP contribution in [-0.2, 0) is 9.53 Å². The molecular formula is C15H26O2. The summed E-state index contributed by atoms with van der Waals surface area (Å²) in [5.41, 5.74) is 0. The summed E-state index contributed by atoms with van der Waals surface area (Å²) in [6.07, 6.45) is 15.3. The summed E-state index contributed by atoms with van der Waals surface area (Å²) in [5.74, 6) is -0.316. The molecule has 2 heteroatoms. The van der Waals surface area contributed by atoms with Crippen molar-refractivity contribution >= 4 is 5.97 Å². The second-order valence-corrected chi connectivity index (χ2v) is 4.19. The van der Waals surface area contributed by atoms with Gasteiger partial charge in [-0.15, -0.1) is 0 Å². The summed E-state index contributed by atoms with van der Waals surface area (Å²) in [5, 5.41) is 0. The Labute approximate surface area is 106 Å². The Morgan fingerprint density at radius 2 is 1.71 bits per heavy atom. The molecular weight excluding hydrogens is 212 g/mol. The molecule has 0 N–H and O–H groups in total. The Morgan fingerprint density at radius 1 is 1.06 bits per heavy atom. The van der Waals surface area contributed by atoms with Crippen molar-refractivity contribution in [2.45, 2.75) is 58.3 Å². The Hall–Kier alpha value is -1.05. The number of carbonyl (C=O) groups is 1. The zero-order valence-electron chi connectivity index (χ0n) is 11.1. The van der Waals surface area contributed by atoms with Crippen molar-refractivity contribution in [2.75, 3.05) is 6.61 Å². The van der Waals surface area contributed by atoms with Gasteiger partial charge >= 0.3 is 5.97 Å². The van der Waals surface area contributed by atoms with E-state index in [9.17, 15) is 4.79 Å². The average Bonchev–Trinajstić information content (AvgIpc) is 2.35. The molecule has 0 unspecified atom stereocenters. The highest BCUT2D eigenvalue weighted by Crippen LogP contribution is 2.05. The van der Waals surface area contributed by atoms with Crippen LogP contribution in [0.25, 0.3) is 0 Å². The number of hydrogen-bond acceptors (Lipinski definition) is 2. The monoisotopic (exact) mass is 238 g/mol. The molecule has 0 aromatic rings. The highest BCUT2D eigenvalue weighted by atomic mass is 16.5. The Morgan fingerprint density at radius 3 is 2.35 bits per heavy atom. The molecule has 0 rings (SSSR count). The van der Waals surface area contributed by atoms with E-state index in [4.69, 9.17) is 4.74 Å². The molecule has 0 aliphatic heterocycles. The molecule has 0 saturated carbocycles. The van der Waals surface area contributed by atoms with Crippen molar-refractivity contribution in [1.82, 2.24) is 0 Å². The lowest BCUT2D eigenvalue weighted by molar-refractivity contribution is -0.137. The molecule has 98 valence electrons. The van der Waals surface area contributed by atoms with Crippen LogP contribution in [-0.4, -0.2) is 12.6 Å². The van der Waals surface area contributed by atoms with Crippen LogP contribution in [0.15, 0.2) is 24.8 Å². The lowest BCUT2D eigenvalue weighted by Gasteiger charge is -2.01. The first kappa shape index (κ1) is 16.0. The van der Waals surface area contributed by atoms with Crippen LogP contribution in [0.4, 0.5) is 0 Å². The van der Waals surface area contributed by atoms with E-state index in [0.717, 1.165) is 12.8 Å². The second-order valence-electron chi connectivity index (χ2n) is 4.19. The van der Waals surface area contributed by atoms with Crippen LogP contribution in [0.2, 0.25) is 0 Å². The summed E-state index contributed by atoms with van der Waals surface area (Å²) in [6, 6.07) is 0. The highest BCUT2D eigenvalue weighted by molar-refractivity contribution is 5.81. The van der Waals surface area contributed by atoms with Gasteiger partial charge in [0.1, 0.15) is 0 Å². The van der Waals surface area contributed by atoms with Gasteiger partial charge < -0.3 is 4.74 Å². The van der Waals surface area contributed by atoms with Crippen LogP contribution < -0.4 is 0 Å². The third kappa shape index (κ3) is 12.9. The molecule has 0 aliphatic carbocycles. The Balaban J connectivity index is 3.10. The number of unbranched alkanes of at least 4 members (excludes halogenated alkanes) is 6. The van der Waals surface area contributed by atoms with Gasteiger partial charge in [-0.2, -0.15) is 0 Å². The number of esters is 1. The molecule has 0 aromatic heterocycles. The summed E-state index contributed by atoms with van der Waals surface area (Å²) < 4.78 is 4.89. The van der Waals surface area contributed by atoms with Gasteiger partial charge in [0.2, 0.25) is 0 Å². The van der Waals surface area contributed by atoms with E-state index in [-0.39, 0.29) is 5.97 Å². The van der Waals surface area contributed by atoms with E-state index in [1.54, 1.807) is 0 Å². The zero-order chi connectivity index (χ0) is 12.8. The molecule has 2 nitrogen and oxygen atoms in total. The predicted molar refractivity (Wildman–Crippen MR) is 72.9 cm³/mol. The van der Waals surface area contributed by atoms with Crippen LogP contribution in [0, 0.1) is 0 Å². The van der Waals surface area contributed by atoms with Crippen LogP contribution in [0.5, 0.6) is 0 Å². The molecule has 0 bridgehead atoms. The van der Waals surface area contributed by atoms with E-state index < -0.39 is 0 Å². The maximum Gasteiger partial charge on any atom is 0.330 e. The van der Waals surface area contributed by atoms with E-state index in [1.165, 1.54) is 44.6 Å². The number of rotatable bonds is 11. The predicted octanol–water partition coefficient (Wildman–Crippen LogP) is 4.41. The van der Waals surface area contributed by atoms with Gasteiger partial charge in [-0.1, -0.05) is 51.3 Å². The first-order valence-electron chi connectivity index (χ1n) is 6.75. The van der Waals surface area contributed by atoms with E-state index in [2.05, 4.69) is 25.7 Å². The van der Waals surface area contributed by atoms with Crippen molar-refractivity contribution in [3.8, 4) is 0 Å². The van der Waals surface area contributed by atoms with Gasteiger partial charge in [-0.05, 0) is 25.7 Å². The first-order valence-corrected chi connectivity index (χ1v) is 6.75. The van der Waals surface area contributed by atoms with Gasteiger partial charge in [-0.3, -0.25) is 0 Å². The van der Waals surface area contributed by atoms with Gasteiger partial charge in [0.15, 0.2) is 0 Å². The molecule has 0 saturated heterocycles. The molecule has 17 heavy (non-hydrogen) atoms. The Kier molecular flexibility index (Phi) is 12.2. The number of allylic oxidation sites excluding steroid dienone is 2. The quantitative estimate of drug-likeness (QED) is 0.231. The standard InChI is InChI=1S/C15H26O2/c1-3-5-6-7-8-9-10-11-12-13-14-17-15(16)4-2/h4,7-8H,2-3,5-6,9-14H2,1H3/b8-7+. The molecule has 0 aromatic carbocycles. The minimum atomic E-state index is -0.316. The molecule has 0 spiro atoms. The minimum absolute atomic E-state index is 0.316. The van der Waals surface area contributed by atoms with Gasteiger partial charge in [-0.25, -0.2) is 4.79 Å². The van der Waals surface area contributed by atoms with Crippen molar-refractivity contribution in [2.24, 2.45) is 0 Å². The van der Waals surface area contributed by atoms with Crippen molar-refractivity contribution in [3.63, 3.8) is 0 Å². The van der Waals surface area contributed by atoms with Crippen LogP contribution in [0.1, 0.15) is 58.3 Å². The number of hydrogen-bond donors (Lipinski definition) is 0. The van der Waals surface area contributed by atoms with E-state index in [0.29, 0.717) is 6.61 Å². The molecule has 0 atom stereocenters. The first-order chi connectivity index (χ1) is 8.31. The largest absolute Gasteiger partial charge is 0.463 e. The summed E-state index contributed by atoms with van der Waals surface area (Å²) in [6.45, 7) is 6.09. The van der Waals surface area contributed by atoms with Crippen molar-refractivity contribution < 1.29 is 9.53 Å². The molecule has 0 radical (unpaired) electrons. The van der Waals surface area contributed by atoms with Gasteiger partial charge in [0, 0.05) is 6.08 Å². The maximum atomic E-state index is 10.7. The fraction of sp³-hybridized carbons (Fsp3) is 0.667. The van der Waals surface area contributed by atoms with Crippen LogP contribution >= 0.6 is 0 Å². The lowest BCUT2D eigenvalue weighted by Crippen LogP contribution is -2.01. The smallest absolute Gasteiger partial charge is 0.330 e. The van der Waals surface area contributed by atoms with Crippen molar-refractivity contribution in [3.05, 3.63) is 24.8 Å². The summed E-state index contributed by atoms with van der Waals surface area (Å²) in [4.78, 5) is 10.7. The van der Waals surface area contributed by atoms with E-state index >= 15 is 0 Å². The molecule has 0 aliphatic rings. The SMILES string of the molecule is C=CC(=O)OCCCCCC/C=C/CCCC. The van der Waals surface area contributed by atoms with Gasteiger partial charge in [0.25, 0.3) is 0 Å². The van der Waals surface area contributed by atoms with Gasteiger partial charge in [0.05, 0.1) is 6.61 Å². The topological polar surface area (TPSA) is 26.3 Å². The third-order valence-corrected chi connectivity index (χ3v) is 2.57. The maximum absolute atomic E-state index is 10.7. The zero-order valence-corrected chi connectivity index (χ0v) is 11.1. The van der Waals surface area contributed by atoms with E-state index in [1.807, 2.05) is 0 Å². The fourth-order valence-corrected chi connectivity index (χ4v) is 1.51. The second kappa shape index (κ2) is 13.0. The average molecular weight is 238 g/mol. The molecule has 0 heterocycles. The minimum Gasteiger partial charge on any atom is -0.463 e. The van der Waals surface area contributed by atoms with Crippen molar-refractivity contribution in [1.29, 1.82) is 0 Å². The normalized spacial score (nSPS) is 10.6. The lowest BCUT2D eigenvalue weighted by atomic mass is 10.1. The third-order valence-electron chi connectivity index (χ3n) is 2.57. The van der Waals surface area contributed by atoms with Crippen LogP contribution in [0.3, 0.4) is 0 Å². The number of carbonyl (C=O) groups excluding carboxylic acids is 1. The highest BCUT2D eigenvalue weighted by Gasteiger charge is 1.94. The number of ether oxygens (including phenoxy) is 1. The summed E-state index contributed by atoms with van der Waals surface area (Å²) in [7, 11) is 0. The molecule has 0 fully saturated rings. The fourth-order valence-electron chi connectivity index (χ4n) is 1.51. The summed E-state index contributed by atoms with van der Waals surface area (Å²) >= 11 is 0. The Bertz CT molecular complexity index is 219. The molecule has 0 amide bonds.